The van der Waals surface area contributed by atoms with Gasteiger partial charge < -0.3 is 14.5 Å². The van der Waals surface area contributed by atoms with Crippen molar-refractivity contribution in [3.8, 4) is 11.4 Å². The Morgan fingerprint density at radius 1 is 0.561 bits per heavy atom. The summed E-state index contributed by atoms with van der Waals surface area (Å²) in [4.78, 5) is 9.86. The lowest BCUT2D eigenvalue weighted by molar-refractivity contribution is 0.637. The first-order chi connectivity index (χ1) is 20.4. The van der Waals surface area contributed by atoms with Crippen LogP contribution >= 0.6 is 0 Å². The smallest absolute Gasteiger partial charge is 0.173 e. The predicted octanol–water partition coefficient (Wildman–Crippen LogP) is 8.08. The Balaban J connectivity index is 1.36. The van der Waals surface area contributed by atoms with Crippen LogP contribution in [0, 0.1) is 0 Å². The molecule has 0 bridgehead atoms. The van der Waals surface area contributed by atoms with Crippen LogP contribution in [0.4, 0.5) is 5.82 Å². The molecule has 0 spiro atoms. The number of rotatable bonds is 3. The Morgan fingerprint density at radius 3 is 1.95 bits per heavy atom. The minimum absolute atomic E-state index is 0.307. The lowest BCUT2D eigenvalue weighted by Crippen LogP contribution is -2.18. The Kier molecular flexibility index (Phi) is 4.57. The van der Waals surface area contributed by atoms with Crippen molar-refractivity contribution >= 4 is 55.8 Å². The molecule has 1 aliphatic heterocycles. The quantitative estimate of drug-likeness (QED) is 0.252. The van der Waals surface area contributed by atoms with E-state index in [-0.39, 0.29) is 6.17 Å². The summed E-state index contributed by atoms with van der Waals surface area (Å²) in [6.45, 7) is 0. The highest BCUT2D eigenvalue weighted by atomic mass is 15.3. The van der Waals surface area contributed by atoms with Crippen molar-refractivity contribution in [2.75, 3.05) is 5.32 Å². The Hall–Kier alpha value is -5.62. The average molecular weight is 529 g/mol. The number of para-hydroxylation sites is 4. The van der Waals surface area contributed by atoms with E-state index in [0.29, 0.717) is 0 Å². The summed E-state index contributed by atoms with van der Waals surface area (Å²) in [6, 6.07) is 42.9. The first kappa shape index (κ1) is 22.2. The number of nitrogens with one attached hydrogen (secondary N) is 1. The molecule has 5 aromatic carbocycles. The van der Waals surface area contributed by atoms with Gasteiger partial charge in [0.1, 0.15) is 17.8 Å². The highest BCUT2D eigenvalue weighted by Gasteiger charge is 2.28. The fourth-order valence-corrected chi connectivity index (χ4v) is 6.49. The Morgan fingerprint density at radius 2 is 1.17 bits per heavy atom. The van der Waals surface area contributed by atoms with Crippen molar-refractivity contribution < 1.29 is 0 Å². The van der Waals surface area contributed by atoms with E-state index in [2.05, 4.69) is 122 Å². The molecule has 0 radical (unpaired) electrons. The van der Waals surface area contributed by atoms with Gasteiger partial charge in [0.2, 0.25) is 0 Å². The van der Waals surface area contributed by atoms with Crippen LogP contribution in [-0.2, 0) is 0 Å². The van der Waals surface area contributed by atoms with Gasteiger partial charge in [-0.05, 0) is 48.5 Å². The van der Waals surface area contributed by atoms with Crippen LogP contribution in [0.1, 0.15) is 11.9 Å². The van der Waals surface area contributed by atoms with Gasteiger partial charge in [0.05, 0.1) is 28.4 Å². The van der Waals surface area contributed by atoms with E-state index >= 15 is 0 Å². The van der Waals surface area contributed by atoms with Crippen LogP contribution < -0.4 is 5.32 Å². The minimum Gasteiger partial charge on any atom is -0.331 e. The van der Waals surface area contributed by atoms with Crippen LogP contribution in [0.5, 0.6) is 0 Å². The number of hydrogen-bond donors (Lipinski definition) is 1. The highest BCUT2D eigenvalue weighted by molar-refractivity contribution is 6.18. The first-order valence-electron chi connectivity index (χ1n) is 13.8. The number of fused-ring (bicyclic) bond motifs is 7. The van der Waals surface area contributed by atoms with Gasteiger partial charge in [-0.3, -0.25) is 4.57 Å². The van der Waals surface area contributed by atoms with Gasteiger partial charge in [-0.25, -0.2) is 9.98 Å². The van der Waals surface area contributed by atoms with Gasteiger partial charge in [0.15, 0.2) is 6.17 Å². The SMILES string of the molecule is C1=NC(n2c3ccccc3c3cc4c(cc32)c2ccccc2n4-c2ccccc2)c2ncn(-c3ccccc3)c2N1. The molecule has 41 heavy (non-hydrogen) atoms. The molecule has 194 valence electrons. The highest BCUT2D eigenvalue weighted by Crippen LogP contribution is 2.42. The third-order valence-corrected chi connectivity index (χ3v) is 8.25. The van der Waals surface area contributed by atoms with Crippen LogP contribution in [0.15, 0.2) is 133 Å². The second-order valence-corrected chi connectivity index (χ2v) is 10.4. The lowest BCUT2D eigenvalue weighted by Gasteiger charge is -2.21. The summed E-state index contributed by atoms with van der Waals surface area (Å²) < 4.78 is 6.81. The largest absolute Gasteiger partial charge is 0.331 e. The average Bonchev–Trinajstić information content (AvgIpc) is 3.71. The number of aliphatic imine (C=N–C) groups is 1. The summed E-state index contributed by atoms with van der Waals surface area (Å²) in [5, 5.41) is 8.21. The van der Waals surface area contributed by atoms with Crippen molar-refractivity contribution in [2.45, 2.75) is 6.17 Å². The maximum absolute atomic E-state index is 4.96. The molecule has 1 unspecified atom stereocenters. The van der Waals surface area contributed by atoms with Crippen molar-refractivity contribution in [3.05, 3.63) is 133 Å². The van der Waals surface area contributed by atoms with E-state index in [9.17, 15) is 0 Å². The van der Waals surface area contributed by atoms with E-state index in [0.717, 1.165) is 33.9 Å². The predicted molar refractivity (Wildman–Crippen MR) is 168 cm³/mol. The first-order valence-corrected chi connectivity index (χ1v) is 13.8. The van der Waals surface area contributed by atoms with Crippen LogP contribution in [0.2, 0.25) is 0 Å². The van der Waals surface area contributed by atoms with Gasteiger partial charge in [0.25, 0.3) is 0 Å². The van der Waals surface area contributed by atoms with Crippen LogP contribution in [0.25, 0.3) is 55.0 Å². The zero-order chi connectivity index (χ0) is 26.9. The number of hydrogen-bond acceptors (Lipinski definition) is 3. The minimum atomic E-state index is -0.307. The summed E-state index contributed by atoms with van der Waals surface area (Å²) in [5.41, 5.74) is 7.76. The molecule has 1 atom stereocenters. The number of nitrogens with zero attached hydrogens (tertiary/aromatic N) is 5. The summed E-state index contributed by atoms with van der Waals surface area (Å²) in [7, 11) is 0. The third kappa shape index (κ3) is 3.13. The zero-order valence-corrected chi connectivity index (χ0v) is 22.0. The van der Waals surface area contributed by atoms with E-state index in [1.807, 2.05) is 24.5 Å². The molecule has 9 rings (SSSR count). The number of aromatic nitrogens is 4. The molecule has 0 amide bonds. The maximum atomic E-state index is 4.96. The molecule has 0 saturated carbocycles. The van der Waals surface area contributed by atoms with Crippen molar-refractivity contribution in [1.82, 2.24) is 18.7 Å². The molecule has 8 aromatic rings. The maximum Gasteiger partial charge on any atom is 0.173 e. The number of benzene rings is 5. The third-order valence-electron chi connectivity index (χ3n) is 8.25. The van der Waals surface area contributed by atoms with E-state index in [1.54, 1.807) is 6.34 Å². The van der Waals surface area contributed by atoms with E-state index in [4.69, 9.17) is 9.98 Å². The van der Waals surface area contributed by atoms with Gasteiger partial charge >= 0.3 is 0 Å². The second kappa shape index (κ2) is 8.44. The lowest BCUT2D eigenvalue weighted by atomic mass is 10.1. The van der Waals surface area contributed by atoms with Crippen molar-refractivity contribution in [2.24, 2.45) is 4.99 Å². The summed E-state index contributed by atoms with van der Waals surface area (Å²) in [6.07, 6.45) is 3.38. The fraction of sp³-hybridized carbons (Fsp3) is 0.0286. The molecule has 1 N–H and O–H groups in total. The van der Waals surface area contributed by atoms with E-state index in [1.165, 1.54) is 32.6 Å². The molecule has 0 fully saturated rings. The molecule has 6 heteroatoms. The number of anilines is 1. The van der Waals surface area contributed by atoms with Gasteiger partial charge in [-0.2, -0.15) is 0 Å². The Bertz CT molecular complexity index is 2290. The van der Waals surface area contributed by atoms with Gasteiger partial charge in [0, 0.05) is 32.9 Å². The second-order valence-electron chi connectivity index (χ2n) is 10.4. The molecule has 6 nitrogen and oxygen atoms in total. The van der Waals surface area contributed by atoms with Gasteiger partial charge in [-0.15, -0.1) is 0 Å². The molecule has 0 saturated heterocycles. The molecule has 0 aliphatic carbocycles. The van der Waals surface area contributed by atoms with Crippen molar-refractivity contribution in [1.29, 1.82) is 0 Å². The van der Waals surface area contributed by atoms with Crippen molar-refractivity contribution in [3.63, 3.8) is 0 Å². The fourth-order valence-electron chi connectivity index (χ4n) is 6.49. The molecule has 4 heterocycles. The van der Waals surface area contributed by atoms with Crippen LogP contribution in [0.3, 0.4) is 0 Å². The summed E-state index contributed by atoms with van der Waals surface area (Å²) in [5.74, 6) is 0.934. The standard InChI is InChI=1S/C35H24N6/c1-3-11-23(12-4-1)39-22-38-33-34(39)36-21-37-35(33)41-30-18-10-8-16-26(30)28-19-31-27(20-32(28)41)25-15-7-9-17-29(25)40(31)24-13-5-2-6-14-24/h1-22,35H,(H,36,37). The monoisotopic (exact) mass is 528 g/mol. The molecular formula is C35H24N6. The van der Waals surface area contributed by atoms with Gasteiger partial charge in [-0.1, -0.05) is 72.8 Å². The Labute approximate surface area is 235 Å². The molecule has 1 aliphatic rings. The topological polar surface area (TPSA) is 52.1 Å². The number of imidazole rings is 1. The van der Waals surface area contributed by atoms with Crippen LogP contribution in [-0.4, -0.2) is 25.0 Å². The molecule has 3 aromatic heterocycles. The normalized spacial score (nSPS) is 14.7. The summed E-state index contributed by atoms with van der Waals surface area (Å²) >= 11 is 0. The molecular weight excluding hydrogens is 504 g/mol. The zero-order valence-electron chi connectivity index (χ0n) is 22.0. The van der Waals surface area contributed by atoms with E-state index < -0.39 is 0 Å².